The predicted octanol–water partition coefficient (Wildman–Crippen LogP) is 3.40. The summed E-state index contributed by atoms with van der Waals surface area (Å²) in [4.78, 5) is 18.6. The summed E-state index contributed by atoms with van der Waals surface area (Å²) in [6.07, 6.45) is -5.36. The maximum absolute atomic E-state index is 14.5. The summed E-state index contributed by atoms with van der Waals surface area (Å²) in [6, 6.07) is 5.78. The van der Waals surface area contributed by atoms with E-state index in [1.807, 2.05) is 0 Å². The van der Waals surface area contributed by atoms with Gasteiger partial charge in [0.25, 0.3) is 11.8 Å². The number of ether oxygens (including phenoxy) is 5. The van der Waals surface area contributed by atoms with E-state index >= 15 is 0 Å². The second-order valence-electron chi connectivity index (χ2n) is 7.78. The van der Waals surface area contributed by atoms with Crippen LogP contribution in [0.15, 0.2) is 30.3 Å². The van der Waals surface area contributed by atoms with E-state index in [9.17, 15) is 26.7 Å². The van der Waals surface area contributed by atoms with Crippen LogP contribution in [0, 0.1) is 11.6 Å². The van der Waals surface area contributed by atoms with Gasteiger partial charge in [0.1, 0.15) is 42.4 Å². The van der Waals surface area contributed by atoms with Crippen molar-refractivity contribution in [3.63, 3.8) is 0 Å². The average Bonchev–Trinajstić information content (AvgIpc) is 3.26. The first-order valence-electron chi connectivity index (χ1n) is 10.5. The fourth-order valence-electron chi connectivity index (χ4n) is 4.14. The van der Waals surface area contributed by atoms with Crippen molar-refractivity contribution in [2.45, 2.75) is 24.5 Å². The Labute approximate surface area is 196 Å². The van der Waals surface area contributed by atoms with Crippen LogP contribution in [0.2, 0.25) is 0 Å². The molecule has 2 aromatic rings. The van der Waals surface area contributed by atoms with Gasteiger partial charge in [-0.25, -0.2) is 13.8 Å². The Balaban J connectivity index is 1.45. The van der Waals surface area contributed by atoms with E-state index in [2.05, 4.69) is 9.72 Å². The quantitative estimate of drug-likeness (QED) is 0.423. The molecule has 1 amide bonds. The number of aromatic nitrogens is 1. The largest absolute Gasteiger partial charge is 0.522 e. The van der Waals surface area contributed by atoms with Gasteiger partial charge in [0.15, 0.2) is 5.75 Å². The van der Waals surface area contributed by atoms with E-state index < -0.39 is 48.8 Å². The van der Waals surface area contributed by atoms with Gasteiger partial charge in [0, 0.05) is 18.5 Å². The van der Waals surface area contributed by atoms with Crippen molar-refractivity contribution < 1.29 is 50.4 Å². The highest BCUT2D eigenvalue weighted by Gasteiger charge is 2.52. The lowest BCUT2D eigenvalue weighted by atomic mass is 9.81. The van der Waals surface area contributed by atoms with E-state index in [0.717, 1.165) is 18.2 Å². The molecule has 190 valence electrons. The second kappa shape index (κ2) is 9.91. The van der Waals surface area contributed by atoms with Crippen molar-refractivity contribution in [1.82, 2.24) is 9.88 Å². The van der Waals surface area contributed by atoms with Crippen LogP contribution in [0.4, 0.5) is 22.0 Å². The number of rotatable bonds is 7. The van der Waals surface area contributed by atoms with Gasteiger partial charge in [-0.15, -0.1) is 13.2 Å². The molecule has 3 heterocycles. The normalized spacial score (nSPS) is 22.1. The molecule has 13 heteroatoms. The fourth-order valence-corrected chi connectivity index (χ4v) is 4.14. The molecule has 35 heavy (non-hydrogen) atoms. The Morgan fingerprint density at radius 1 is 1.23 bits per heavy atom. The third kappa shape index (κ3) is 5.31. The first kappa shape index (κ1) is 25.1. The van der Waals surface area contributed by atoms with Gasteiger partial charge in [-0.1, -0.05) is 0 Å². The van der Waals surface area contributed by atoms with Gasteiger partial charge in [0.05, 0.1) is 20.3 Å². The number of likely N-dealkylation sites (tertiary alicyclic amines) is 1. The number of amides is 1. The minimum absolute atomic E-state index is 0.0101. The fraction of sp³-hybridized carbons (Fsp3) is 0.455. The highest BCUT2D eigenvalue weighted by atomic mass is 19.4. The molecule has 1 aromatic heterocycles. The monoisotopic (exact) mass is 504 g/mol. The van der Waals surface area contributed by atoms with Crippen LogP contribution in [0.5, 0.6) is 11.6 Å². The van der Waals surface area contributed by atoms with Crippen LogP contribution in [0.25, 0.3) is 0 Å². The van der Waals surface area contributed by atoms with E-state index in [1.165, 1.54) is 24.1 Å². The zero-order valence-corrected chi connectivity index (χ0v) is 18.4. The van der Waals surface area contributed by atoms with Crippen molar-refractivity contribution in [3.05, 3.63) is 53.2 Å². The van der Waals surface area contributed by atoms with E-state index in [4.69, 9.17) is 18.9 Å². The summed E-state index contributed by atoms with van der Waals surface area (Å²) in [5.74, 6) is -1.81. The first-order valence-corrected chi connectivity index (χ1v) is 10.5. The van der Waals surface area contributed by atoms with Crippen LogP contribution in [0.1, 0.15) is 22.5 Å². The maximum atomic E-state index is 14.5. The molecule has 2 aliphatic heterocycles. The SMILES string of the molecule is COc1nc(C(=O)N2CC[C@]3(c4cc(F)ccc4F)OCO[C@@H]3C2)ccc1OCCOC(F)(F)F. The molecular formula is C22H21F5N2O6. The van der Waals surface area contributed by atoms with Gasteiger partial charge in [0.2, 0.25) is 0 Å². The predicted molar refractivity (Wildman–Crippen MR) is 108 cm³/mol. The summed E-state index contributed by atoms with van der Waals surface area (Å²) < 4.78 is 89.8. The number of pyridine rings is 1. The molecular weight excluding hydrogens is 483 g/mol. The summed E-state index contributed by atoms with van der Waals surface area (Å²) in [7, 11) is 1.27. The molecule has 0 N–H and O–H groups in total. The lowest BCUT2D eigenvalue weighted by Gasteiger charge is -2.41. The van der Waals surface area contributed by atoms with E-state index in [-0.39, 0.29) is 49.2 Å². The van der Waals surface area contributed by atoms with E-state index in [0.29, 0.717) is 0 Å². The maximum Gasteiger partial charge on any atom is 0.522 e. The Morgan fingerprint density at radius 3 is 2.77 bits per heavy atom. The lowest BCUT2D eigenvalue weighted by molar-refractivity contribution is -0.325. The van der Waals surface area contributed by atoms with Crippen LogP contribution in [0.3, 0.4) is 0 Å². The van der Waals surface area contributed by atoms with Crippen LogP contribution in [-0.2, 0) is 19.8 Å². The number of carbonyl (C=O) groups excluding carboxylic acids is 1. The Hall–Kier alpha value is -3.03. The van der Waals surface area contributed by atoms with Crippen molar-refractivity contribution in [2.75, 3.05) is 40.2 Å². The topological polar surface area (TPSA) is 79.4 Å². The summed E-state index contributed by atoms with van der Waals surface area (Å²) in [5.41, 5.74) is -1.21. The standard InChI is InChI=1S/C22H21F5N2O6/c1-31-19-17(32-8-9-34-22(25,26)27)5-4-16(28-19)20(30)29-7-6-21(18(11-29)33-12-35-21)14-10-13(23)2-3-15(14)24/h2-5,10,18H,6-9,11-12H2,1H3/t18-,21-/m1/s1. The van der Waals surface area contributed by atoms with Crippen LogP contribution >= 0.6 is 0 Å². The molecule has 2 atom stereocenters. The summed E-state index contributed by atoms with van der Waals surface area (Å²) in [5, 5.41) is 0. The molecule has 0 unspecified atom stereocenters. The molecule has 2 aliphatic rings. The summed E-state index contributed by atoms with van der Waals surface area (Å²) in [6.45, 7) is -1.12. The van der Waals surface area contributed by atoms with Gasteiger partial charge < -0.3 is 23.8 Å². The van der Waals surface area contributed by atoms with E-state index in [1.54, 1.807) is 0 Å². The highest BCUT2D eigenvalue weighted by molar-refractivity contribution is 5.92. The smallest absolute Gasteiger partial charge is 0.486 e. The van der Waals surface area contributed by atoms with Gasteiger partial charge in [-0.3, -0.25) is 9.53 Å². The number of piperidine rings is 1. The van der Waals surface area contributed by atoms with Crippen molar-refractivity contribution >= 4 is 5.91 Å². The molecule has 0 saturated carbocycles. The number of carbonyl (C=O) groups is 1. The molecule has 4 rings (SSSR count). The van der Waals surface area contributed by atoms with Gasteiger partial charge >= 0.3 is 6.36 Å². The number of benzene rings is 1. The molecule has 1 aromatic carbocycles. The van der Waals surface area contributed by atoms with Gasteiger partial charge in [-0.2, -0.15) is 0 Å². The molecule has 0 radical (unpaired) electrons. The second-order valence-corrected chi connectivity index (χ2v) is 7.78. The minimum atomic E-state index is -4.78. The van der Waals surface area contributed by atoms with Crippen molar-refractivity contribution in [1.29, 1.82) is 0 Å². The highest BCUT2D eigenvalue weighted by Crippen LogP contribution is 2.44. The number of nitrogens with zero attached hydrogens (tertiary/aromatic N) is 2. The number of methoxy groups -OCH3 is 1. The molecule has 2 saturated heterocycles. The lowest BCUT2D eigenvalue weighted by Crippen LogP contribution is -2.54. The zero-order valence-electron chi connectivity index (χ0n) is 18.4. The molecule has 0 spiro atoms. The Morgan fingerprint density at radius 2 is 2.03 bits per heavy atom. The molecule has 0 aliphatic carbocycles. The number of halogens is 5. The zero-order chi connectivity index (χ0) is 25.2. The van der Waals surface area contributed by atoms with Crippen LogP contribution < -0.4 is 9.47 Å². The van der Waals surface area contributed by atoms with Crippen molar-refractivity contribution in [3.8, 4) is 11.6 Å². The number of fused-ring (bicyclic) bond motifs is 1. The van der Waals surface area contributed by atoms with Gasteiger partial charge in [-0.05, 0) is 30.3 Å². The number of hydrogen-bond acceptors (Lipinski definition) is 7. The Bertz CT molecular complexity index is 1080. The molecule has 0 bridgehead atoms. The summed E-state index contributed by atoms with van der Waals surface area (Å²) >= 11 is 0. The minimum Gasteiger partial charge on any atom is -0.486 e. The third-order valence-electron chi connectivity index (χ3n) is 5.76. The van der Waals surface area contributed by atoms with Crippen LogP contribution in [-0.4, -0.2) is 68.5 Å². The number of hydrogen-bond donors (Lipinski definition) is 0. The first-order chi connectivity index (χ1) is 16.6. The third-order valence-corrected chi connectivity index (χ3v) is 5.76. The average molecular weight is 504 g/mol. The van der Waals surface area contributed by atoms with Crippen molar-refractivity contribution in [2.24, 2.45) is 0 Å². The Kier molecular flexibility index (Phi) is 7.10. The molecule has 2 fully saturated rings. The number of alkyl halides is 3. The molecule has 8 nitrogen and oxygen atoms in total.